The van der Waals surface area contributed by atoms with Crippen molar-refractivity contribution in [3.8, 4) is 5.75 Å². The molecule has 0 atom stereocenters. The third kappa shape index (κ3) is 5.50. The van der Waals surface area contributed by atoms with Crippen LogP contribution in [0, 0.1) is 0 Å². The Morgan fingerprint density at radius 3 is 2.60 bits per heavy atom. The highest BCUT2D eigenvalue weighted by Gasteiger charge is 2.00. The Balaban J connectivity index is 2.29. The zero-order valence-electron chi connectivity index (χ0n) is 7.97. The number of nitrogens with zero attached hydrogens (tertiary/aromatic N) is 2. The van der Waals surface area contributed by atoms with Gasteiger partial charge in [-0.15, -0.1) is 0 Å². The molecule has 1 aromatic heterocycles. The number of hydrogen-bond donors (Lipinski definition) is 1. The second-order valence-electron chi connectivity index (χ2n) is 2.70. The summed E-state index contributed by atoms with van der Waals surface area (Å²) in [5, 5.41) is 0.136. The van der Waals surface area contributed by atoms with Crippen molar-refractivity contribution in [2.75, 3.05) is 19.4 Å². The first-order chi connectivity index (χ1) is 6.97. The molecular formula is C7H10ClN3O3S. The fourth-order valence-corrected chi connectivity index (χ4v) is 1.32. The van der Waals surface area contributed by atoms with Crippen molar-refractivity contribution in [1.82, 2.24) is 14.7 Å². The van der Waals surface area contributed by atoms with Gasteiger partial charge < -0.3 is 4.74 Å². The first-order valence-electron chi connectivity index (χ1n) is 4.02. The van der Waals surface area contributed by atoms with Gasteiger partial charge in [-0.05, 0) is 11.6 Å². The van der Waals surface area contributed by atoms with Crippen LogP contribution in [-0.2, 0) is 10.0 Å². The zero-order valence-corrected chi connectivity index (χ0v) is 9.55. The highest BCUT2D eigenvalue weighted by Crippen LogP contribution is 2.07. The van der Waals surface area contributed by atoms with Crippen molar-refractivity contribution in [1.29, 1.82) is 0 Å². The second-order valence-corrected chi connectivity index (χ2v) is 4.87. The molecular weight excluding hydrogens is 242 g/mol. The summed E-state index contributed by atoms with van der Waals surface area (Å²) in [6.45, 7) is 0.402. The predicted molar refractivity (Wildman–Crippen MR) is 55.4 cm³/mol. The molecule has 1 aromatic rings. The van der Waals surface area contributed by atoms with Gasteiger partial charge in [0.15, 0.2) is 5.75 Å². The molecule has 1 heterocycles. The molecule has 0 aliphatic heterocycles. The Hall–Kier alpha value is -0.920. The SMILES string of the molecule is CS(=O)(=O)NCCOc1cnc(Cl)nc1. The average molecular weight is 252 g/mol. The van der Waals surface area contributed by atoms with Crippen LogP contribution in [0.15, 0.2) is 12.4 Å². The Morgan fingerprint density at radius 1 is 1.47 bits per heavy atom. The highest BCUT2D eigenvalue weighted by molar-refractivity contribution is 7.88. The summed E-state index contributed by atoms with van der Waals surface area (Å²) in [6.07, 6.45) is 3.91. The fraction of sp³-hybridized carbons (Fsp3) is 0.429. The molecule has 1 N–H and O–H groups in total. The molecule has 0 saturated heterocycles. The molecule has 0 aromatic carbocycles. The number of aromatic nitrogens is 2. The monoisotopic (exact) mass is 251 g/mol. The van der Waals surface area contributed by atoms with E-state index in [1.807, 2.05) is 0 Å². The van der Waals surface area contributed by atoms with Crippen LogP contribution in [0.3, 0.4) is 0 Å². The quantitative estimate of drug-likeness (QED) is 0.591. The van der Waals surface area contributed by atoms with Crippen LogP contribution in [0.25, 0.3) is 0 Å². The van der Waals surface area contributed by atoms with E-state index in [-0.39, 0.29) is 18.4 Å². The van der Waals surface area contributed by atoms with Crippen LogP contribution in [-0.4, -0.2) is 37.8 Å². The van der Waals surface area contributed by atoms with Gasteiger partial charge in [-0.1, -0.05) is 0 Å². The van der Waals surface area contributed by atoms with E-state index in [9.17, 15) is 8.42 Å². The molecule has 0 aliphatic carbocycles. The second kappa shape index (κ2) is 5.24. The van der Waals surface area contributed by atoms with E-state index < -0.39 is 10.0 Å². The van der Waals surface area contributed by atoms with Crippen molar-refractivity contribution in [2.24, 2.45) is 0 Å². The van der Waals surface area contributed by atoms with Crippen molar-refractivity contribution in [2.45, 2.75) is 0 Å². The largest absolute Gasteiger partial charge is 0.489 e. The maximum absolute atomic E-state index is 10.7. The summed E-state index contributed by atoms with van der Waals surface area (Å²) >= 11 is 5.46. The first kappa shape index (κ1) is 12.2. The van der Waals surface area contributed by atoms with Crippen molar-refractivity contribution < 1.29 is 13.2 Å². The smallest absolute Gasteiger partial charge is 0.222 e. The Morgan fingerprint density at radius 2 is 2.07 bits per heavy atom. The Labute approximate surface area is 92.7 Å². The van der Waals surface area contributed by atoms with E-state index in [1.165, 1.54) is 12.4 Å². The lowest BCUT2D eigenvalue weighted by molar-refractivity contribution is 0.320. The summed E-state index contributed by atoms with van der Waals surface area (Å²) < 4.78 is 28.8. The molecule has 6 nitrogen and oxygen atoms in total. The third-order valence-corrected chi connectivity index (χ3v) is 2.26. The summed E-state index contributed by atoms with van der Waals surface area (Å²) in [6, 6.07) is 0. The van der Waals surface area contributed by atoms with Crippen LogP contribution < -0.4 is 9.46 Å². The third-order valence-electron chi connectivity index (χ3n) is 1.33. The molecule has 0 aliphatic rings. The topological polar surface area (TPSA) is 81.2 Å². The van der Waals surface area contributed by atoms with Gasteiger partial charge in [0.1, 0.15) is 6.61 Å². The molecule has 0 unspecified atom stereocenters. The van der Waals surface area contributed by atoms with Crippen LogP contribution in [0.4, 0.5) is 0 Å². The van der Waals surface area contributed by atoms with Crippen molar-refractivity contribution >= 4 is 21.6 Å². The minimum atomic E-state index is -3.17. The van der Waals surface area contributed by atoms with Gasteiger partial charge in [0.25, 0.3) is 0 Å². The van der Waals surface area contributed by atoms with E-state index in [0.717, 1.165) is 6.26 Å². The van der Waals surface area contributed by atoms with Crippen LogP contribution in [0.5, 0.6) is 5.75 Å². The molecule has 8 heteroatoms. The van der Waals surface area contributed by atoms with Crippen LogP contribution in [0.1, 0.15) is 0 Å². The van der Waals surface area contributed by atoms with Gasteiger partial charge in [0.05, 0.1) is 18.6 Å². The van der Waals surface area contributed by atoms with Crippen molar-refractivity contribution in [3.63, 3.8) is 0 Å². The number of nitrogens with one attached hydrogen (secondary N) is 1. The highest BCUT2D eigenvalue weighted by atomic mass is 35.5. The standard InChI is InChI=1S/C7H10ClN3O3S/c1-15(12,13)11-2-3-14-6-4-9-7(8)10-5-6/h4-5,11H,2-3H2,1H3. The maximum Gasteiger partial charge on any atom is 0.222 e. The number of ether oxygens (including phenoxy) is 1. The fourth-order valence-electron chi connectivity index (χ4n) is 0.771. The maximum atomic E-state index is 10.7. The summed E-state index contributed by atoms with van der Waals surface area (Å²) in [5.41, 5.74) is 0. The average Bonchev–Trinajstić information content (AvgIpc) is 2.14. The van der Waals surface area contributed by atoms with Gasteiger partial charge in [-0.25, -0.2) is 23.1 Å². The Kier molecular flexibility index (Phi) is 4.25. The lowest BCUT2D eigenvalue weighted by Gasteiger charge is -2.05. The van der Waals surface area contributed by atoms with Crippen molar-refractivity contribution in [3.05, 3.63) is 17.7 Å². The minimum Gasteiger partial charge on any atom is -0.489 e. The van der Waals surface area contributed by atoms with E-state index >= 15 is 0 Å². The molecule has 1 rings (SSSR count). The lowest BCUT2D eigenvalue weighted by Crippen LogP contribution is -2.26. The van der Waals surface area contributed by atoms with Crippen LogP contribution >= 0.6 is 11.6 Å². The molecule has 0 radical (unpaired) electrons. The normalized spacial score (nSPS) is 11.3. The molecule has 84 valence electrons. The van der Waals surface area contributed by atoms with Gasteiger partial charge in [-0.2, -0.15) is 0 Å². The summed E-state index contributed by atoms with van der Waals surface area (Å²) in [7, 11) is -3.17. The molecule has 0 amide bonds. The van der Waals surface area contributed by atoms with Gasteiger partial charge in [-0.3, -0.25) is 0 Å². The zero-order chi connectivity index (χ0) is 11.3. The number of sulfonamides is 1. The number of halogens is 1. The van der Waals surface area contributed by atoms with E-state index in [2.05, 4.69) is 14.7 Å². The molecule has 0 spiro atoms. The van der Waals surface area contributed by atoms with E-state index in [4.69, 9.17) is 16.3 Å². The van der Waals surface area contributed by atoms with Crippen LogP contribution in [0.2, 0.25) is 5.28 Å². The minimum absolute atomic E-state index is 0.136. The summed E-state index contributed by atoms with van der Waals surface area (Å²) in [5.74, 6) is 0.440. The van der Waals surface area contributed by atoms with E-state index in [1.54, 1.807) is 0 Å². The van der Waals surface area contributed by atoms with E-state index in [0.29, 0.717) is 5.75 Å². The van der Waals surface area contributed by atoms with Gasteiger partial charge in [0, 0.05) is 6.54 Å². The molecule has 0 bridgehead atoms. The number of hydrogen-bond acceptors (Lipinski definition) is 5. The summed E-state index contributed by atoms with van der Waals surface area (Å²) in [4.78, 5) is 7.39. The molecule has 0 fully saturated rings. The Bertz CT molecular complexity index is 406. The number of rotatable bonds is 5. The van der Waals surface area contributed by atoms with Gasteiger partial charge >= 0.3 is 0 Å². The van der Waals surface area contributed by atoms with Gasteiger partial charge in [0.2, 0.25) is 15.3 Å². The molecule has 15 heavy (non-hydrogen) atoms. The predicted octanol–water partition coefficient (Wildman–Crippen LogP) is 0.0580. The lowest BCUT2D eigenvalue weighted by atomic mass is 10.6. The molecule has 0 saturated carbocycles. The first-order valence-corrected chi connectivity index (χ1v) is 6.29.